The average molecular weight is 668 g/mol. The number of benzene rings is 1. The molecule has 0 amide bonds. The molecule has 0 aromatic heterocycles. The van der Waals surface area contributed by atoms with E-state index in [0.29, 0.717) is 0 Å². The van der Waals surface area contributed by atoms with E-state index < -0.39 is 15.6 Å². The molecule has 2 fully saturated rings. The smallest absolute Gasteiger partial charge is 0.279 e. The molecule has 3 nitrogen and oxygen atoms in total. The molecule has 10 heteroatoms. The molecular weight excluding hydrogens is 626 g/mol. The fourth-order valence-corrected chi connectivity index (χ4v) is 12.3. The van der Waals surface area contributed by atoms with Crippen molar-refractivity contribution in [1.29, 1.82) is 0 Å². The fourth-order valence-electron chi connectivity index (χ4n) is 5.10. The molecule has 1 radical (unpaired) electrons. The maximum atomic E-state index is 10.7. The summed E-state index contributed by atoms with van der Waals surface area (Å²) in [4.78, 5) is 0. The third-order valence-corrected chi connectivity index (χ3v) is 14.5. The van der Waals surface area contributed by atoms with Crippen molar-refractivity contribution in [1.82, 2.24) is 0 Å². The minimum absolute atomic E-state index is 0. The summed E-state index contributed by atoms with van der Waals surface area (Å²) < 4.78 is 57.5. The van der Waals surface area contributed by atoms with Crippen LogP contribution in [0.2, 0.25) is 0 Å². The molecule has 5 atom stereocenters. The molecule has 0 bridgehead atoms. The van der Waals surface area contributed by atoms with E-state index >= 15 is 0 Å². The summed E-state index contributed by atoms with van der Waals surface area (Å²) in [5.74, 6) is 0. The van der Waals surface area contributed by atoms with E-state index in [9.17, 15) is 13.2 Å². The zero-order valence-corrected chi connectivity index (χ0v) is 26.4. The van der Waals surface area contributed by atoms with Crippen LogP contribution in [0.15, 0.2) is 48.6 Å². The van der Waals surface area contributed by atoms with Crippen molar-refractivity contribution in [2.75, 3.05) is 0 Å². The second kappa shape index (κ2) is 16.2. The Morgan fingerprint density at radius 3 is 1.16 bits per heavy atom. The van der Waals surface area contributed by atoms with E-state index in [2.05, 4.69) is 76.3 Å². The zero-order valence-electron chi connectivity index (χ0n) is 22.1. The van der Waals surface area contributed by atoms with Crippen LogP contribution in [0.4, 0.5) is 13.2 Å². The third-order valence-electron chi connectivity index (χ3n) is 6.97. The SMILES string of the molecule is C1=C\CC/C=C\CC/1.CC1CC[C@H](C)P1c1ccccc1P1[C@@H](C)CC[C@@H]1C.O=S(=O)(O)C(F)(F)F.[Rh]. The second-order valence-corrected chi connectivity index (χ2v) is 17.4. The first-order valence-electron chi connectivity index (χ1n) is 12.8. The van der Waals surface area contributed by atoms with E-state index in [0.717, 1.165) is 22.6 Å². The van der Waals surface area contributed by atoms with Gasteiger partial charge in [0.2, 0.25) is 0 Å². The molecule has 1 aliphatic carbocycles. The van der Waals surface area contributed by atoms with Gasteiger partial charge in [0, 0.05) is 19.5 Å². The molecule has 213 valence electrons. The topological polar surface area (TPSA) is 54.4 Å². The van der Waals surface area contributed by atoms with Crippen LogP contribution in [-0.4, -0.2) is 41.1 Å². The van der Waals surface area contributed by atoms with Crippen molar-refractivity contribution in [3.8, 4) is 0 Å². The number of allylic oxidation sites excluding steroid dienone is 4. The molecule has 3 aliphatic rings. The van der Waals surface area contributed by atoms with Crippen molar-refractivity contribution < 1.29 is 45.6 Å². The van der Waals surface area contributed by atoms with Gasteiger partial charge in [0.05, 0.1) is 0 Å². The molecule has 37 heavy (non-hydrogen) atoms. The number of rotatable bonds is 2. The Bertz CT molecular complexity index is 896. The van der Waals surface area contributed by atoms with Crippen molar-refractivity contribution in [3.05, 3.63) is 48.6 Å². The molecule has 2 saturated heterocycles. The van der Waals surface area contributed by atoms with Crippen LogP contribution in [0.1, 0.15) is 79.1 Å². The molecule has 1 aromatic rings. The monoisotopic (exact) mass is 667 g/mol. The maximum Gasteiger partial charge on any atom is 0.522 e. The van der Waals surface area contributed by atoms with E-state index in [1.807, 2.05) is 0 Å². The number of alkyl halides is 3. The van der Waals surface area contributed by atoms with Gasteiger partial charge in [0.1, 0.15) is 0 Å². The first-order chi connectivity index (χ1) is 16.8. The average Bonchev–Trinajstić information content (AvgIpc) is 3.27. The first kappa shape index (κ1) is 34.9. The Kier molecular flexibility index (Phi) is 15.3. The molecule has 1 aromatic carbocycles. The predicted molar refractivity (Wildman–Crippen MR) is 150 cm³/mol. The Balaban J connectivity index is 0.000000335. The van der Waals surface area contributed by atoms with Gasteiger partial charge in [-0.1, -0.05) is 92.1 Å². The number of hydrogen-bond donors (Lipinski definition) is 1. The third kappa shape index (κ3) is 10.8. The van der Waals surface area contributed by atoms with Gasteiger partial charge in [0.15, 0.2) is 0 Å². The summed E-state index contributed by atoms with van der Waals surface area (Å²) in [7, 11) is -5.68. The summed E-state index contributed by atoms with van der Waals surface area (Å²) in [5, 5.41) is 3.57. The van der Waals surface area contributed by atoms with Gasteiger partial charge in [0.25, 0.3) is 0 Å². The maximum absolute atomic E-state index is 10.7. The van der Waals surface area contributed by atoms with Crippen LogP contribution in [0.5, 0.6) is 0 Å². The fraction of sp³-hybridized carbons (Fsp3) is 0.630. The second-order valence-electron chi connectivity index (χ2n) is 9.87. The predicted octanol–water partition coefficient (Wildman–Crippen LogP) is 8.11. The minimum atomic E-state index is -5.84. The molecule has 0 saturated carbocycles. The Hall–Kier alpha value is -0.117. The van der Waals surface area contributed by atoms with Crippen LogP contribution in [0.25, 0.3) is 0 Å². The van der Waals surface area contributed by atoms with Gasteiger partial charge in [-0.3, -0.25) is 4.55 Å². The zero-order chi connectivity index (χ0) is 26.9. The van der Waals surface area contributed by atoms with Crippen LogP contribution < -0.4 is 10.6 Å². The summed E-state index contributed by atoms with van der Waals surface area (Å²) in [6.45, 7) is 10.0. The first-order valence-corrected chi connectivity index (χ1v) is 17.2. The molecule has 0 spiro atoms. The van der Waals surface area contributed by atoms with Crippen LogP contribution in [-0.2, 0) is 29.6 Å². The molecular formula is C27H41F3O3P2RhS. The van der Waals surface area contributed by atoms with Crippen LogP contribution in [0.3, 0.4) is 0 Å². The molecule has 1 N–H and O–H groups in total. The van der Waals surface area contributed by atoms with E-state index in [4.69, 9.17) is 13.0 Å². The van der Waals surface area contributed by atoms with Crippen LogP contribution in [0, 0.1) is 0 Å². The van der Waals surface area contributed by atoms with Crippen molar-refractivity contribution in [2.45, 2.75) is 107 Å². The van der Waals surface area contributed by atoms with Gasteiger partial charge in [-0.15, -0.1) is 0 Å². The quantitative estimate of drug-likeness (QED) is 0.114. The molecule has 2 heterocycles. The number of halogens is 3. The summed E-state index contributed by atoms with van der Waals surface area (Å²) in [6.07, 6.45) is 19.8. The Morgan fingerprint density at radius 1 is 0.703 bits per heavy atom. The molecule has 4 rings (SSSR count). The van der Waals surface area contributed by atoms with Crippen LogP contribution >= 0.6 is 15.8 Å². The molecule has 2 aliphatic heterocycles. The van der Waals surface area contributed by atoms with Gasteiger partial charge in [-0.25, -0.2) is 0 Å². The summed E-state index contributed by atoms with van der Waals surface area (Å²) in [6, 6.07) is 9.55. The Morgan fingerprint density at radius 2 is 0.946 bits per heavy atom. The van der Waals surface area contributed by atoms with E-state index in [1.165, 1.54) is 51.4 Å². The normalized spacial score (nSPS) is 29.9. The van der Waals surface area contributed by atoms with Crippen molar-refractivity contribution in [2.24, 2.45) is 0 Å². The van der Waals surface area contributed by atoms with Gasteiger partial charge in [-0.05, 0) is 84.6 Å². The van der Waals surface area contributed by atoms with Crippen molar-refractivity contribution in [3.63, 3.8) is 0 Å². The van der Waals surface area contributed by atoms with Gasteiger partial charge < -0.3 is 0 Å². The largest absolute Gasteiger partial charge is 0.522 e. The standard InChI is InChI=1S/C18H28P2.C8H12.CHF3O3S.Rh/c1-13-9-10-14(2)19(13)17-7-5-6-8-18(17)20-15(3)11-12-16(20)4;1-2-4-6-8-7-5-3-1;2-1(3,4)8(5,6)7;/h5-8,13-16H,9-12H2,1-4H3;1-2,7-8H,3-6H2;(H,5,6,7);/b;2-1-,8-7-;;/t13-,14-,15-,16?,20?;;;/m0.../s1. The summed E-state index contributed by atoms with van der Waals surface area (Å²) >= 11 is 0. The number of hydrogen-bond acceptors (Lipinski definition) is 2. The van der Waals surface area contributed by atoms with E-state index in [-0.39, 0.29) is 35.3 Å². The van der Waals surface area contributed by atoms with Gasteiger partial charge >= 0.3 is 15.6 Å². The Labute approximate surface area is 237 Å². The van der Waals surface area contributed by atoms with E-state index in [1.54, 1.807) is 10.6 Å². The van der Waals surface area contributed by atoms with Gasteiger partial charge in [-0.2, -0.15) is 21.6 Å². The minimum Gasteiger partial charge on any atom is -0.279 e. The van der Waals surface area contributed by atoms with Crippen molar-refractivity contribution >= 4 is 36.6 Å². The molecule has 2 unspecified atom stereocenters. The summed E-state index contributed by atoms with van der Waals surface area (Å²) in [5.41, 5.74) is -1.80.